The first-order valence-corrected chi connectivity index (χ1v) is 4.97. The summed E-state index contributed by atoms with van der Waals surface area (Å²) in [4.78, 5) is 2.20. The molecule has 1 aromatic carbocycles. The van der Waals surface area contributed by atoms with Crippen molar-refractivity contribution in [3.63, 3.8) is 0 Å². The number of nitrogens with two attached hydrogens (primary N) is 1. The van der Waals surface area contributed by atoms with Gasteiger partial charge in [0, 0.05) is 31.2 Å². The van der Waals surface area contributed by atoms with Crippen LogP contribution in [-0.2, 0) is 6.54 Å². The third kappa shape index (κ3) is 2.11. The van der Waals surface area contributed by atoms with E-state index >= 15 is 0 Å². The smallest absolute Gasteiger partial charge is 0.127 e. The molecule has 0 aromatic heterocycles. The Balaban J connectivity index is 2.01. The Morgan fingerprint density at radius 2 is 2.21 bits per heavy atom. The molecule has 0 aliphatic carbocycles. The van der Waals surface area contributed by atoms with Crippen LogP contribution in [0.3, 0.4) is 0 Å². The quantitative estimate of drug-likeness (QED) is 0.770. The number of halogens is 1. The highest BCUT2D eigenvalue weighted by Crippen LogP contribution is 2.14. The van der Waals surface area contributed by atoms with Crippen molar-refractivity contribution >= 4 is 0 Å². The van der Waals surface area contributed by atoms with Crippen LogP contribution in [0.1, 0.15) is 12.0 Å². The van der Waals surface area contributed by atoms with Crippen LogP contribution in [0.25, 0.3) is 0 Å². The van der Waals surface area contributed by atoms with Crippen LogP contribution in [0.4, 0.5) is 4.39 Å². The van der Waals surface area contributed by atoms with E-state index in [0.717, 1.165) is 25.1 Å². The highest BCUT2D eigenvalue weighted by atomic mass is 19.1. The molecule has 0 saturated carbocycles. The predicted octanol–water partition coefficient (Wildman–Crippen LogP) is 1.36. The summed E-state index contributed by atoms with van der Waals surface area (Å²) in [7, 11) is 0. The van der Waals surface area contributed by atoms with Crippen molar-refractivity contribution in [2.75, 3.05) is 13.1 Å². The average Bonchev–Trinajstić information content (AvgIpc) is 2.56. The van der Waals surface area contributed by atoms with Crippen LogP contribution in [0, 0.1) is 5.82 Å². The zero-order valence-corrected chi connectivity index (χ0v) is 8.12. The largest absolute Gasteiger partial charge is 0.326 e. The van der Waals surface area contributed by atoms with Gasteiger partial charge < -0.3 is 5.73 Å². The van der Waals surface area contributed by atoms with Crippen LogP contribution < -0.4 is 5.73 Å². The second kappa shape index (κ2) is 4.07. The minimum atomic E-state index is -0.118. The molecule has 0 spiro atoms. The van der Waals surface area contributed by atoms with Crippen molar-refractivity contribution < 1.29 is 4.39 Å². The van der Waals surface area contributed by atoms with E-state index in [0.29, 0.717) is 6.54 Å². The molecule has 2 N–H and O–H groups in total. The lowest BCUT2D eigenvalue weighted by Crippen LogP contribution is -2.26. The molecular weight excluding hydrogens is 179 g/mol. The molecule has 1 heterocycles. The Hall–Kier alpha value is -0.930. The van der Waals surface area contributed by atoms with Crippen LogP contribution >= 0.6 is 0 Å². The first-order chi connectivity index (χ1) is 6.75. The zero-order valence-electron chi connectivity index (χ0n) is 8.12. The Bertz CT molecular complexity index is 314. The second-order valence-electron chi connectivity index (χ2n) is 3.88. The number of nitrogens with zero attached hydrogens (tertiary/aromatic N) is 1. The Morgan fingerprint density at radius 3 is 2.86 bits per heavy atom. The fourth-order valence-electron chi connectivity index (χ4n) is 1.87. The summed E-state index contributed by atoms with van der Waals surface area (Å²) in [6.45, 7) is 2.55. The lowest BCUT2D eigenvalue weighted by atomic mass is 10.2. The fraction of sp³-hybridized carbons (Fsp3) is 0.455. The number of likely N-dealkylation sites (tertiary alicyclic amines) is 1. The van der Waals surface area contributed by atoms with Crippen molar-refractivity contribution in [1.82, 2.24) is 4.90 Å². The molecule has 14 heavy (non-hydrogen) atoms. The highest BCUT2D eigenvalue weighted by Gasteiger charge is 2.19. The molecule has 1 saturated heterocycles. The first-order valence-electron chi connectivity index (χ1n) is 4.97. The molecule has 0 unspecified atom stereocenters. The molecule has 0 bridgehead atoms. The lowest BCUT2D eigenvalue weighted by Gasteiger charge is -2.15. The van der Waals surface area contributed by atoms with Crippen LogP contribution in [0.15, 0.2) is 24.3 Å². The minimum Gasteiger partial charge on any atom is -0.326 e. The third-order valence-corrected chi connectivity index (χ3v) is 2.66. The summed E-state index contributed by atoms with van der Waals surface area (Å²) in [6.07, 6.45) is 1.02. The molecule has 1 aromatic rings. The molecule has 3 heteroatoms. The molecule has 0 amide bonds. The van der Waals surface area contributed by atoms with Gasteiger partial charge in [0.05, 0.1) is 0 Å². The van der Waals surface area contributed by atoms with Gasteiger partial charge in [0.1, 0.15) is 5.82 Å². The molecule has 1 atom stereocenters. The van der Waals surface area contributed by atoms with E-state index < -0.39 is 0 Å². The third-order valence-electron chi connectivity index (χ3n) is 2.66. The normalized spacial score (nSPS) is 22.9. The van der Waals surface area contributed by atoms with E-state index in [9.17, 15) is 4.39 Å². The summed E-state index contributed by atoms with van der Waals surface area (Å²) in [5, 5.41) is 0. The van der Waals surface area contributed by atoms with Crippen molar-refractivity contribution in [1.29, 1.82) is 0 Å². The number of benzene rings is 1. The van der Waals surface area contributed by atoms with Crippen LogP contribution in [0.2, 0.25) is 0 Å². The van der Waals surface area contributed by atoms with Crippen molar-refractivity contribution in [2.24, 2.45) is 5.73 Å². The molecule has 1 aliphatic rings. The number of rotatable bonds is 2. The van der Waals surface area contributed by atoms with E-state index in [2.05, 4.69) is 4.90 Å². The summed E-state index contributed by atoms with van der Waals surface area (Å²) in [6, 6.07) is 7.19. The SMILES string of the molecule is N[C@H]1CCN(Cc2ccccc2F)C1. The van der Waals surface area contributed by atoms with Gasteiger partial charge in [-0.2, -0.15) is 0 Å². The van der Waals surface area contributed by atoms with E-state index in [4.69, 9.17) is 5.73 Å². The minimum absolute atomic E-state index is 0.118. The first kappa shape index (κ1) is 9.62. The van der Waals surface area contributed by atoms with Gasteiger partial charge in [-0.15, -0.1) is 0 Å². The topological polar surface area (TPSA) is 29.3 Å². The maximum Gasteiger partial charge on any atom is 0.127 e. The van der Waals surface area contributed by atoms with E-state index in [1.54, 1.807) is 6.07 Å². The molecule has 1 fully saturated rings. The monoisotopic (exact) mass is 194 g/mol. The van der Waals surface area contributed by atoms with E-state index in [-0.39, 0.29) is 11.9 Å². The summed E-state index contributed by atoms with van der Waals surface area (Å²) in [5.41, 5.74) is 6.55. The van der Waals surface area contributed by atoms with Crippen molar-refractivity contribution in [3.05, 3.63) is 35.6 Å². The van der Waals surface area contributed by atoms with Crippen molar-refractivity contribution in [2.45, 2.75) is 19.0 Å². The van der Waals surface area contributed by atoms with Crippen LogP contribution in [-0.4, -0.2) is 24.0 Å². The molecule has 76 valence electrons. The standard InChI is InChI=1S/C11H15FN2/c12-11-4-2-1-3-9(11)7-14-6-5-10(13)8-14/h1-4,10H,5-8,13H2/t10-/m0/s1. The van der Waals surface area contributed by atoms with E-state index in [1.165, 1.54) is 6.07 Å². The molecular formula is C11H15FN2. The van der Waals surface area contributed by atoms with Gasteiger partial charge in [0.15, 0.2) is 0 Å². The van der Waals surface area contributed by atoms with Gasteiger partial charge in [-0.3, -0.25) is 4.90 Å². The Morgan fingerprint density at radius 1 is 1.43 bits per heavy atom. The van der Waals surface area contributed by atoms with Gasteiger partial charge in [0.2, 0.25) is 0 Å². The van der Waals surface area contributed by atoms with E-state index in [1.807, 2.05) is 12.1 Å². The summed E-state index contributed by atoms with van der Waals surface area (Å²) >= 11 is 0. The Labute approximate surface area is 83.5 Å². The average molecular weight is 194 g/mol. The summed E-state index contributed by atoms with van der Waals surface area (Å²) in [5.74, 6) is -0.118. The second-order valence-corrected chi connectivity index (χ2v) is 3.88. The van der Waals surface area contributed by atoms with Crippen LogP contribution in [0.5, 0.6) is 0 Å². The van der Waals surface area contributed by atoms with Gasteiger partial charge in [-0.1, -0.05) is 18.2 Å². The van der Waals surface area contributed by atoms with Gasteiger partial charge in [-0.25, -0.2) is 4.39 Å². The van der Waals surface area contributed by atoms with Gasteiger partial charge >= 0.3 is 0 Å². The zero-order chi connectivity index (χ0) is 9.97. The molecule has 0 radical (unpaired) electrons. The number of hydrogen-bond acceptors (Lipinski definition) is 2. The Kier molecular flexibility index (Phi) is 2.79. The molecule has 1 aliphatic heterocycles. The van der Waals surface area contributed by atoms with Gasteiger partial charge in [-0.05, 0) is 12.5 Å². The van der Waals surface area contributed by atoms with Gasteiger partial charge in [0.25, 0.3) is 0 Å². The maximum atomic E-state index is 13.3. The summed E-state index contributed by atoms with van der Waals surface area (Å²) < 4.78 is 13.3. The maximum absolute atomic E-state index is 13.3. The van der Waals surface area contributed by atoms with Crippen molar-refractivity contribution in [3.8, 4) is 0 Å². The molecule has 2 rings (SSSR count). The predicted molar refractivity (Wildman–Crippen MR) is 54.3 cm³/mol. The molecule has 2 nitrogen and oxygen atoms in total. The fourth-order valence-corrected chi connectivity index (χ4v) is 1.87. The lowest BCUT2D eigenvalue weighted by molar-refractivity contribution is 0.321. The number of hydrogen-bond donors (Lipinski definition) is 1. The highest BCUT2D eigenvalue weighted by molar-refractivity contribution is 5.17.